The van der Waals surface area contributed by atoms with Crippen LogP contribution < -0.4 is 0 Å². The lowest BCUT2D eigenvalue weighted by molar-refractivity contribution is -0.187. The van der Waals surface area contributed by atoms with Gasteiger partial charge in [-0.05, 0) is 24.6 Å². The summed E-state index contributed by atoms with van der Waals surface area (Å²) in [5.74, 6) is 0.335. The number of benzene rings is 1. The molecule has 2 aromatic heterocycles. The Labute approximate surface area is 171 Å². The number of ether oxygens (including phenoxy) is 2. The van der Waals surface area contributed by atoms with Gasteiger partial charge in [0.15, 0.2) is 5.79 Å². The highest BCUT2D eigenvalue weighted by Gasteiger charge is 2.42. The van der Waals surface area contributed by atoms with E-state index in [1.165, 1.54) is 15.9 Å². The smallest absolute Gasteiger partial charge is 0.230 e. The van der Waals surface area contributed by atoms with Crippen molar-refractivity contribution < 1.29 is 14.6 Å². The van der Waals surface area contributed by atoms with Crippen molar-refractivity contribution in [2.75, 3.05) is 26.3 Å². The van der Waals surface area contributed by atoms with Crippen molar-refractivity contribution in [2.45, 2.75) is 31.6 Å². The lowest BCUT2D eigenvalue weighted by Crippen LogP contribution is -2.46. The third kappa shape index (κ3) is 3.09. The number of likely N-dealkylation sites (tertiary alicyclic amines) is 1. The minimum atomic E-state index is -0.444. The molecular weight excluding hydrogens is 400 g/mol. The number of fused-ring (bicyclic) bond motifs is 1. The summed E-state index contributed by atoms with van der Waals surface area (Å²) in [4.78, 5) is 8.27. The van der Waals surface area contributed by atoms with Crippen LogP contribution in [-0.2, 0) is 9.47 Å². The van der Waals surface area contributed by atoms with Crippen LogP contribution >= 0.6 is 22.9 Å². The molecule has 0 unspecified atom stereocenters. The van der Waals surface area contributed by atoms with Crippen molar-refractivity contribution in [3.05, 3.63) is 45.6 Å². The summed E-state index contributed by atoms with van der Waals surface area (Å²) in [6.07, 6.45) is 1.59. The van der Waals surface area contributed by atoms with Gasteiger partial charge in [-0.1, -0.05) is 35.1 Å². The lowest BCUT2D eigenvalue weighted by Gasteiger charge is -2.41. The first kappa shape index (κ1) is 18.3. The highest BCUT2D eigenvalue weighted by Crippen LogP contribution is 2.43. The van der Waals surface area contributed by atoms with Crippen LogP contribution in [0.1, 0.15) is 35.1 Å². The summed E-state index contributed by atoms with van der Waals surface area (Å²) in [5.41, 5.74) is 1.04. The number of piperidine rings is 1. The van der Waals surface area contributed by atoms with Crippen molar-refractivity contribution in [2.24, 2.45) is 0 Å². The number of thiazole rings is 1. The maximum Gasteiger partial charge on any atom is 0.230 e. The quantitative estimate of drug-likeness (QED) is 0.700. The number of rotatable bonds is 3. The molecule has 4 heterocycles. The van der Waals surface area contributed by atoms with Crippen molar-refractivity contribution >= 4 is 27.9 Å². The molecule has 1 spiro atoms. The topological polar surface area (TPSA) is 72.1 Å². The predicted molar refractivity (Wildman–Crippen MR) is 106 cm³/mol. The zero-order valence-corrected chi connectivity index (χ0v) is 17.0. The molecule has 0 saturated carbocycles. The van der Waals surface area contributed by atoms with Crippen molar-refractivity contribution in [1.29, 1.82) is 0 Å². The Balaban J connectivity index is 1.53. The summed E-state index contributed by atoms with van der Waals surface area (Å²) in [5, 5.41) is 15.9. The summed E-state index contributed by atoms with van der Waals surface area (Å²) in [6.45, 7) is 4.73. The second kappa shape index (κ2) is 6.96. The number of aromatic hydroxyl groups is 1. The minimum Gasteiger partial charge on any atom is -0.492 e. The van der Waals surface area contributed by atoms with E-state index in [2.05, 4.69) is 15.0 Å². The zero-order chi connectivity index (χ0) is 19.3. The summed E-state index contributed by atoms with van der Waals surface area (Å²) < 4.78 is 13.3. The Hall–Kier alpha value is -1.71. The van der Waals surface area contributed by atoms with Gasteiger partial charge >= 0.3 is 0 Å². The molecule has 2 aliphatic rings. The molecule has 0 radical (unpaired) electrons. The van der Waals surface area contributed by atoms with Crippen LogP contribution in [0.4, 0.5) is 0 Å². The van der Waals surface area contributed by atoms with E-state index in [9.17, 15) is 5.11 Å². The molecule has 9 heteroatoms. The molecule has 28 heavy (non-hydrogen) atoms. The number of aromatic nitrogens is 3. The SMILES string of the molecule is Cc1nc2sc([C@@H](c3cccc(Cl)c3)N3CCC4(CC3)OCCO4)c(O)n2n1. The van der Waals surface area contributed by atoms with Gasteiger partial charge in [-0.15, -0.1) is 5.10 Å². The van der Waals surface area contributed by atoms with Crippen LogP contribution in [0.2, 0.25) is 5.02 Å². The molecule has 0 bridgehead atoms. The van der Waals surface area contributed by atoms with Gasteiger partial charge in [0.25, 0.3) is 0 Å². The number of aryl methyl sites for hydroxylation is 1. The Morgan fingerprint density at radius 1 is 1.25 bits per heavy atom. The zero-order valence-electron chi connectivity index (χ0n) is 15.5. The third-order valence-corrected chi connectivity index (χ3v) is 6.76. The predicted octanol–water partition coefficient (Wildman–Crippen LogP) is 3.39. The van der Waals surface area contributed by atoms with E-state index in [0.717, 1.165) is 36.4 Å². The molecule has 0 amide bonds. The molecule has 1 atom stereocenters. The van der Waals surface area contributed by atoms with Crippen molar-refractivity contribution in [3.63, 3.8) is 0 Å². The van der Waals surface area contributed by atoms with Gasteiger partial charge in [0, 0.05) is 31.0 Å². The summed E-state index contributed by atoms with van der Waals surface area (Å²) >= 11 is 7.75. The Morgan fingerprint density at radius 3 is 2.68 bits per heavy atom. The summed E-state index contributed by atoms with van der Waals surface area (Å²) in [7, 11) is 0. The second-order valence-electron chi connectivity index (χ2n) is 7.24. The third-order valence-electron chi connectivity index (χ3n) is 5.46. The van der Waals surface area contributed by atoms with E-state index in [4.69, 9.17) is 21.1 Å². The molecule has 3 aromatic rings. The molecule has 1 N–H and O–H groups in total. The maximum absolute atomic E-state index is 10.9. The summed E-state index contributed by atoms with van der Waals surface area (Å²) in [6, 6.07) is 7.67. The van der Waals surface area contributed by atoms with E-state index < -0.39 is 5.79 Å². The van der Waals surface area contributed by atoms with Gasteiger partial charge in [-0.25, -0.2) is 4.98 Å². The highest BCUT2D eigenvalue weighted by atomic mass is 35.5. The minimum absolute atomic E-state index is 0.133. The molecule has 0 aliphatic carbocycles. The fourth-order valence-corrected chi connectivity index (χ4v) is 5.50. The number of halogens is 1. The van der Waals surface area contributed by atoms with E-state index in [1.807, 2.05) is 31.2 Å². The van der Waals surface area contributed by atoms with E-state index in [0.29, 0.717) is 29.0 Å². The average Bonchev–Trinajstić information content (AvgIpc) is 3.35. The average molecular weight is 421 g/mol. The Morgan fingerprint density at radius 2 is 2.00 bits per heavy atom. The van der Waals surface area contributed by atoms with Crippen LogP contribution in [-0.4, -0.2) is 56.7 Å². The van der Waals surface area contributed by atoms with Gasteiger partial charge in [0.2, 0.25) is 10.8 Å². The highest BCUT2D eigenvalue weighted by molar-refractivity contribution is 7.17. The van der Waals surface area contributed by atoms with Crippen LogP contribution in [0.3, 0.4) is 0 Å². The van der Waals surface area contributed by atoms with E-state index in [-0.39, 0.29) is 11.9 Å². The van der Waals surface area contributed by atoms with Crippen LogP contribution in [0.5, 0.6) is 5.88 Å². The van der Waals surface area contributed by atoms with Crippen LogP contribution in [0.15, 0.2) is 24.3 Å². The molecule has 1 aromatic carbocycles. The van der Waals surface area contributed by atoms with Crippen LogP contribution in [0.25, 0.3) is 4.96 Å². The molecule has 2 saturated heterocycles. The monoisotopic (exact) mass is 420 g/mol. The maximum atomic E-state index is 10.9. The fraction of sp³-hybridized carbons (Fsp3) is 0.474. The number of nitrogens with zero attached hydrogens (tertiary/aromatic N) is 4. The van der Waals surface area contributed by atoms with E-state index >= 15 is 0 Å². The first-order valence-corrected chi connectivity index (χ1v) is 10.6. The molecule has 2 aliphatic heterocycles. The van der Waals surface area contributed by atoms with Crippen molar-refractivity contribution in [3.8, 4) is 5.88 Å². The first-order chi connectivity index (χ1) is 13.5. The molecule has 2 fully saturated rings. The van der Waals surface area contributed by atoms with Gasteiger partial charge in [0.1, 0.15) is 5.82 Å². The van der Waals surface area contributed by atoms with Crippen LogP contribution in [0, 0.1) is 6.92 Å². The second-order valence-corrected chi connectivity index (χ2v) is 8.69. The fourth-order valence-electron chi connectivity index (χ4n) is 4.14. The number of hydrogen-bond acceptors (Lipinski definition) is 7. The largest absolute Gasteiger partial charge is 0.492 e. The standard InChI is InChI=1S/C19H21ClN4O3S/c1-12-21-18-24(22-12)17(25)16(28-18)15(13-3-2-4-14(20)11-13)23-7-5-19(6-8-23)26-9-10-27-19/h2-4,11,15,25H,5-10H2,1H3/t15-/m1/s1. The molecule has 148 valence electrons. The Bertz CT molecular complexity index is 1000. The molecule has 5 rings (SSSR count). The van der Waals surface area contributed by atoms with Gasteiger partial charge in [-0.2, -0.15) is 4.52 Å². The molecule has 7 nitrogen and oxygen atoms in total. The number of hydrogen-bond donors (Lipinski definition) is 1. The van der Waals surface area contributed by atoms with Crippen molar-refractivity contribution in [1.82, 2.24) is 19.5 Å². The van der Waals surface area contributed by atoms with Gasteiger partial charge in [0.05, 0.1) is 24.1 Å². The normalized spacial score (nSPS) is 20.9. The van der Waals surface area contributed by atoms with E-state index in [1.54, 1.807) is 0 Å². The van der Waals surface area contributed by atoms with Gasteiger partial charge < -0.3 is 14.6 Å². The first-order valence-electron chi connectivity index (χ1n) is 9.37. The van der Waals surface area contributed by atoms with Gasteiger partial charge in [-0.3, -0.25) is 4.90 Å². The lowest BCUT2D eigenvalue weighted by atomic mass is 9.97. The molecular formula is C19H21ClN4O3S. The Kier molecular flexibility index (Phi) is 4.56.